The van der Waals surface area contributed by atoms with Crippen molar-refractivity contribution in [2.75, 3.05) is 19.7 Å². The number of carbonyl (C=O) groups excluding carboxylic acids is 2. The monoisotopic (exact) mass is 495 g/mol. The Balaban J connectivity index is 1.20. The molecular formula is C25H32F3N3O4. The van der Waals surface area contributed by atoms with Crippen molar-refractivity contribution in [2.24, 2.45) is 28.9 Å². The first-order valence-corrected chi connectivity index (χ1v) is 12.3. The van der Waals surface area contributed by atoms with E-state index >= 15 is 0 Å². The zero-order valence-electron chi connectivity index (χ0n) is 19.7. The predicted molar refractivity (Wildman–Crippen MR) is 120 cm³/mol. The molecule has 6 rings (SSSR count). The third kappa shape index (κ3) is 4.87. The van der Waals surface area contributed by atoms with E-state index in [4.69, 9.17) is 10.5 Å². The lowest BCUT2D eigenvalue weighted by Crippen LogP contribution is -2.63. The Bertz CT molecular complexity index is 954. The molecule has 1 aromatic carbocycles. The molecule has 1 heterocycles. The maximum atomic E-state index is 13.2. The molecule has 192 valence electrons. The van der Waals surface area contributed by atoms with E-state index in [1.807, 2.05) is 6.92 Å². The molecule has 4 unspecified atom stereocenters. The second-order valence-corrected chi connectivity index (χ2v) is 10.8. The summed E-state index contributed by atoms with van der Waals surface area (Å²) >= 11 is 0. The van der Waals surface area contributed by atoms with Crippen molar-refractivity contribution in [3.63, 3.8) is 0 Å². The predicted octanol–water partition coefficient (Wildman–Crippen LogP) is 3.14. The van der Waals surface area contributed by atoms with Crippen LogP contribution in [0.3, 0.4) is 0 Å². The molecule has 4 atom stereocenters. The quantitative estimate of drug-likeness (QED) is 0.633. The van der Waals surface area contributed by atoms with Gasteiger partial charge in [-0.1, -0.05) is 12.1 Å². The number of alkyl halides is 3. The Morgan fingerprint density at radius 2 is 1.83 bits per heavy atom. The SMILES string of the molecule is CC(c1ccc(OC(F)(F)F)cc1)N1CCOC(C(=O)NC2C3CC4CC2CC(C(N)=O)(C4)C3)C1. The van der Waals surface area contributed by atoms with Gasteiger partial charge in [-0.25, -0.2) is 0 Å². The summed E-state index contributed by atoms with van der Waals surface area (Å²) in [6, 6.07) is 5.76. The van der Waals surface area contributed by atoms with Gasteiger partial charge >= 0.3 is 6.36 Å². The molecule has 2 amide bonds. The lowest BCUT2D eigenvalue weighted by molar-refractivity contribution is -0.274. The van der Waals surface area contributed by atoms with Crippen LogP contribution in [-0.4, -0.2) is 54.9 Å². The highest BCUT2D eigenvalue weighted by molar-refractivity contribution is 5.83. The summed E-state index contributed by atoms with van der Waals surface area (Å²) in [6.07, 6.45) is -0.904. The van der Waals surface area contributed by atoms with E-state index in [1.165, 1.54) is 12.1 Å². The summed E-state index contributed by atoms with van der Waals surface area (Å²) in [5.41, 5.74) is 6.21. The largest absolute Gasteiger partial charge is 0.573 e. The zero-order valence-corrected chi connectivity index (χ0v) is 19.7. The van der Waals surface area contributed by atoms with Gasteiger partial charge in [-0.2, -0.15) is 0 Å². The Morgan fingerprint density at radius 1 is 1.17 bits per heavy atom. The van der Waals surface area contributed by atoms with Crippen molar-refractivity contribution in [1.82, 2.24) is 10.2 Å². The Hall–Kier alpha value is -2.33. The number of primary amides is 1. The average Bonchev–Trinajstić information content (AvgIpc) is 2.80. The van der Waals surface area contributed by atoms with Crippen LogP contribution in [0.5, 0.6) is 5.75 Å². The number of rotatable bonds is 6. The number of nitrogens with zero attached hydrogens (tertiary/aromatic N) is 1. The van der Waals surface area contributed by atoms with E-state index in [-0.39, 0.29) is 41.5 Å². The van der Waals surface area contributed by atoms with Crippen LogP contribution in [0.25, 0.3) is 0 Å². The van der Waals surface area contributed by atoms with Gasteiger partial charge in [-0.15, -0.1) is 13.2 Å². The molecule has 5 fully saturated rings. The fourth-order valence-electron chi connectivity index (χ4n) is 7.16. The van der Waals surface area contributed by atoms with Gasteiger partial charge in [0.1, 0.15) is 11.9 Å². The molecule has 0 aromatic heterocycles. The highest BCUT2D eigenvalue weighted by Crippen LogP contribution is 2.59. The lowest BCUT2D eigenvalue weighted by atomic mass is 9.47. The molecule has 3 N–H and O–H groups in total. The minimum absolute atomic E-state index is 0.0455. The number of nitrogens with one attached hydrogen (secondary N) is 1. The second kappa shape index (κ2) is 8.96. The van der Waals surface area contributed by atoms with Crippen molar-refractivity contribution in [1.29, 1.82) is 0 Å². The Labute approximate surface area is 202 Å². The fraction of sp³-hybridized carbons (Fsp3) is 0.680. The minimum atomic E-state index is -4.73. The number of amides is 2. The van der Waals surface area contributed by atoms with E-state index in [0.717, 1.165) is 37.7 Å². The summed E-state index contributed by atoms with van der Waals surface area (Å²) in [6.45, 7) is 3.36. The first kappa shape index (κ1) is 24.4. The van der Waals surface area contributed by atoms with Gasteiger partial charge in [-0.05, 0) is 74.5 Å². The number of hydrogen-bond acceptors (Lipinski definition) is 5. The average molecular weight is 496 g/mol. The van der Waals surface area contributed by atoms with Crippen LogP contribution in [-0.2, 0) is 14.3 Å². The fourth-order valence-corrected chi connectivity index (χ4v) is 7.16. The van der Waals surface area contributed by atoms with Gasteiger partial charge in [0.2, 0.25) is 5.91 Å². The number of hydrogen-bond donors (Lipinski definition) is 2. The number of halogens is 3. The summed E-state index contributed by atoms with van der Waals surface area (Å²) in [4.78, 5) is 27.5. The van der Waals surface area contributed by atoms with Crippen molar-refractivity contribution in [3.8, 4) is 5.75 Å². The van der Waals surface area contributed by atoms with Crippen LogP contribution < -0.4 is 15.8 Å². The molecule has 0 radical (unpaired) electrons. The molecule has 4 saturated carbocycles. The lowest BCUT2D eigenvalue weighted by Gasteiger charge is -2.59. The van der Waals surface area contributed by atoms with Crippen LogP contribution in [0.15, 0.2) is 24.3 Å². The molecule has 35 heavy (non-hydrogen) atoms. The van der Waals surface area contributed by atoms with Crippen LogP contribution in [0.4, 0.5) is 13.2 Å². The molecule has 7 nitrogen and oxygen atoms in total. The topological polar surface area (TPSA) is 93.9 Å². The Kier molecular flexibility index (Phi) is 6.24. The summed E-state index contributed by atoms with van der Waals surface area (Å²) in [5, 5.41) is 3.25. The number of carbonyl (C=O) groups is 2. The van der Waals surface area contributed by atoms with Crippen molar-refractivity contribution in [2.45, 2.75) is 63.6 Å². The molecule has 1 aromatic rings. The van der Waals surface area contributed by atoms with E-state index in [2.05, 4.69) is 15.0 Å². The van der Waals surface area contributed by atoms with E-state index in [0.29, 0.717) is 25.6 Å². The van der Waals surface area contributed by atoms with E-state index in [1.54, 1.807) is 12.1 Å². The molecule has 1 aliphatic heterocycles. The van der Waals surface area contributed by atoms with Crippen LogP contribution in [0.2, 0.25) is 0 Å². The number of ether oxygens (including phenoxy) is 2. The summed E-state index contributed by atoms with van der Waals surface area (Å²) in [5.74, 6) is 0.466. The van der Waals surface area contributed by atoms with E-state index < -0.39 is 17.9 Å². The van der Waals surface area contributed by atoms with Gasteiger partial charge in [0.25, 0.3) is 5.91 Å². The maximum absolute atomic E-state index is 13.2. The minimum Gasteiger partial charge on any atom is -0.406 e. The van der Waals surface area contributed by atoms with Gasteiger partial charge in [0.15, 0.2) is 0 Å². The normalized spacial score (nSPS) is 35.5. The third-order valence-electron chi connectivity index (χ3n) is 8.64. The second-order valence-electron chi connectivity index (χ2n) is 10.8. The van der Waals surface area contributed by atoms with Gasteiger partial charge in [-0.3, -0.25) is 14.5 Å². The third-order valence-corrected chi connectivity index (χ3v) is 8.64. The molecule has 5 aliphatic rings. The van der Waals surface area contributed by atoms with Crippen LogP contribution in [0.1, 0.15) is 50.6 Å². The standard InChI is InChI=1S/C25H32F3N3O4/c1-14(16-2-4-19(5-3-16)35-25(26,27)28)31-6-7-34-20(13-31)22(32)30-21-17-8-15-9-18(21)12-24(10-15,11-17)23(29)33/h2-5,14-15,17-18,20-21H,6-13H2,1H3,(H2,29,33)(H,30,32). The maximum Gasteiger partial charge on any atom is 0.573 e. The van der Waals surface area contributed by atoms with Gasteiger partial charge in [0.05, 0.1) is 6.61 Å². The highest BCUT2D eigenvalue weighted by Gasteiger charge is 2.58. The summed E-state index contributed by atoms with van der Waals surface area (Å²) in [7, 11) is 0. The van der Waals surface area contributed by atoms with E-state index in [9.17, 15) is 22.8 Å². The van der Waals surface area contributed by atoms with Gasteiger partial charge < -0.3 is 20.5 Å². The summed E-state index contributed by atoms with van der Waals surface area (Å²) < 4.78 is 47.0. The first-order valence-electron chi connectivity index (χ1n) is 12.3. The molecule has 0 spiro atoms. The smallest absolute Gasteiger partial charge is 0.406 e. The number of morpholine rings is 1. The molecule has 10 heteroatoms. The van der Waals surface area contributed by atoms with Crippen LogP contribution in [0, 0.1) is 23.2 Å². The highest BCUT2D eigenvalue weighted by atomic mass is 19.4. The molecular weight excluding hydrogens is 463 g/mol. The molecule has 1 saturated heterocycles. The number of benzene rings is 1. The number of nitrogens with two attached hydrogens (primary N) is 1. The first-order chi connectivity index (χ1) is 16.5. The Morgan fingerprint density at radius 3 is 2.43 bits per heavy atom. The van der Waals surface area contributed by atoms with Crippen molar-refractivity contribution >= 4 is 11.8 Å². The van der Waals surface area contributed by atoms with Crippen molar-refractivity contribution < 1.29 is 32.2 Å². The van der Waals surface area contributed by atoms with Crippen molar-refractivity contribution in [3.05, 3.63) is 29.8 Å². The zero-order chi connectivity index (χ0) is 25.0. The van der Waals surface area contributed by atoms with Gasteiger partial charge in [0, 0.05) is 30.6 Å². The molecule has 4 bridgehead atoms. The van der Waals surface area contributed by atoms with Crippen LogP contribution >= 0.6 is 0 Å². The molecule has 4 aliphatic carbocycles.